The molecule has 0 saturated heterocycles. The van der Waals surface area contributed by atoms with Gasteiger partial charge >= 0.3 is 0 Å². The molecule has 12 heteroatoms. The highest BCUT2D eigenvalue weighted by Crippen LogP contribution is 2.41. The third kappa shape index (κ3) is 3.53. The first kappa shape index (κ1) is 24.6. The Balaban J connectivity index is 0.000000191. The number of carbonyl (C=O) groups is 4. The Morgan fingerprint density at radius 2 is 1.12 bits per heavy atom. The van der Waals surface area contributed by atoms with Crippen LogP contribution >= 0.6 is 23.2 Å². The van der Waals surface area contributed by atoms with Crippen molar-refractivity contribution in [3.63, 3.8) is 0 Å². The fraction of sp³-hybridized carbons (Fsp3) is 0.0909. The summed E-state index contributed by atoms with van der Waals surface area (Å²) >= 11 is 11.2. The van der Waals surface area contributed by atoms with Gasteiger partial charge in [0.15, 0.2) is 0 Å². The summed E-state index contributed by atoms with van der Waals surface area (Å²) < 4.78 is 0. The number of halogens is 2. The number of ketones is 4. The number of anilines is 2. The SMILES string of the molecule is Cc1cc(N)c2c(c1N)C(=O)C(N)=C(N)C2=O.Cc1cc(O)c2c(c1O)C(=O)C(Cl)=C(Cl)C2=O. The molecule has 34 heavy (non-hydrogen) atoms. The molecular weight excluding hydrogens is 487 g/mol. The molecule has 2 aliphatic carbocycles. The highest BCUT2D eigenvalue weighted by Gasteiger charge is 2.36. The van der Waals surface area contributed by atoms with Gasteiger partial charge in [0, 0.05) is 11.4 Å². The lowest BCUT2D eigenvalue weighted by molar-refractivity contribution is 0.0973. The first-order valence-electron chi connectivity index (χ1n) is 9.45. The summed E-state index contributed by atoms with van der Waals surface area (Å²) in [5, 5.41) is 18.5. The Morgan fingerprint density at radius 3 is 1.65 bits per heavy atom. The molecular formula is C22H18Cl2N4O6. The molecule has 2 aromatic rings. The molecule has 0 aromatic heterocycles. The van der Waals surface area contributed by atoms with Gasteiger partial charge < -0.3 is 33.1 Å². The molecule has 10 N–H and O–H groups in total. The van der Waals surface area contributed by atoms with Crippen molar-refractivity contribution in [1.29, 1.82) is 0 Å². The minimum Gasteiger partial charge on any atom is -0.507 e. The van der Waals surface area contributed by atoms with E-state index in [0.29, 0.717) is 5.56 Å². The van der Waals surface area contributed by atoms with Gasteiger partial charge in [-0.25, -0.2) is 0 Å². The molecule has 2 aliphatic rings. The molecule has 0 amide bonds. The molecule has 4 rings (SSSR count). The zero-order chi connectivity index (χ0) is 25.8. The predicted molar refractivity (Wildman–Crippen MR) is 126 cm³/mol. The first-order chi connectivity index (χ1) is 15.7. The number of carbonyl (C=O) groups excluding carboxylic acids is 4. The van der Waals surface area contributed by atoms with Crippen LogP contribution in [0.3, 0.4) is 0 Å². The standard InChI is InChI=1S/C11H6Cl2O4.C11H12N4O2/c1-3-2-4(14)5-6(9(3)15)11(17)8(13)7(12)10(5)16;1-3-2-4(12)5-6(7(3)13)11(17)9(15)8(14)10(5)16/h2,14-15H,1H3;2H,12-15H2,1H3. The van der Waals surface area contributed by atoms with Crippen LogP contribution in [0.5, 0.6) is 11.5 Å². The quantitative estimate of drug-likeness (QED) is 0.227. The topological polar surface area (TPSA) is 213 Å². The summed E-state index contributed by atoms with van der Waals surface area (Å²) in [4.78, 5) is 47.4. The molecule has 176 valence electrons. The van der Waals surface area contributed by atoms with E-state index in [0.717, 1.165) is 0 Å². The largest absolute Gasteiger partial charge is 0.507 e. The maximum Gasteiger partial charge on any atom is 0.213 e. The molecule has 0 atom stereocenters. The fourth-order valence-corrected chi connectivity index (χ4v) is 3.87. The van der Waals surface area contributed by atoms with Crippen molar-refractivity contribution in [2.24, 2.45) is 11.5 Å². The van der Waals surface area contributed by atoms with Crippen LogP contribution in [-0.2, 0) is 0 Å². The summed E-state index contributed by atoms with van der Waals surface area (Å²) in [5.41, 5.74) is 22.7. The van der Waals surface area contributed by atoms with Gasteiger partial charge in [-0.05, 0) is 37.1 Å². The maximum absolute atomic E-state index is 11.9. The second-order valence-corrected chi connectivity index (χ2v) is 8.29. The Hall–Kier alpha value is -4.02. The lowest BCUT2D eigenvalue weighted by atomic mass is 9.87. The summed E-state index contributed by atoms with van der Waals surface area (Å²) in [5.74, 6) is -3.44. The Kier molecular flexibility index (Phi) is 6.08. The molecule has 0 radical (unpaired) electrons. The number of aryl methyl sites for hydroxylation is 2. The van der Waals surface area contributed by atoms with E-state index < -0.39 is 38.9 Å². The van der Waals surface area contributed by atoms with Crippen LogP contribution in [0, 0.1) is 13.8 Å². The van der Waals surface area contributed by atoms with Crippen LogP contribution in [0.1, 0.15) is 52.6 Å². The number of Topliss-reactive ketones (excluding diaryl/α,β-unsaturated/α-hetero) is 4. The van der Waals surface area contributed by atoms with Crippen LogP contribution < -0.4 is 22.9 Å². The van der Waals surface area contributed by atoms with Gasteiger partial charge in [0.1, 0.15) is 33.0 Å². The van der Waals surface area contributed by atoms with Crippen LogP contribution in [-0.4, -0.2) is 33.3 Å². The second-order valence-electron chi connectivity index (χ2n) is 7.53. The highest BCUT2D eigenvalue weighted by atomic mass is 35.5. The van der Waals surface area contributed by atoms with Crippen molar-refractivity contribution >= 4 is 57.7 Å². The van der Waals surface area contributed by atoms with Crippen molar-refractivity contribution in [2.75, 3.05) is 11.5 Å². The van der Waals surface area contributed by atoms with Crippen molar-refractivity contribution in [3.05, 3.63) is 67.0 Å². The smallest absolute Gasteiger partial charge is 0.213 e. The van der Waals surface area contributed by atoms with Gasteiger partial charge in [-0.1, -0.05) is 23.2 Å². The number of aromatic hydroxyl groups is 2. The number of nitrogens with two attached hydrogens (primary N) is 4. The molecule has 0 heterocycles. The molecule has 0 saturated carbocycles. The van der Waals surface area contributed by atoms with E-state index in [-0.39, 0.29) is 56.3 Å². The first-order valence-corrected chi connectivity index (χ1v) is 10.2. The number of nitrogen functional groups attached to an aromatic ring is 2. The van der Waals surface area contributed by atoms with Crippen LogP contribution in [0.15, 0.2) is 33.6 Å². The lowest BCUT2D eigenvalue weighted by Gasteiger charge is -2.20. The lowest BCUT2D eigenvalue weighted by Crippen LogP contribution is -2.32. The molecule has 0 aliphatic heterocycles. The molecule has 0 fully saturated rings. The molecule has 2 aromatic carbocycles. The van der Waals surface area contributed by atoms with Gasteiger partial charge in [-0.15, -0.1) is 0 Å². The van der Waals surface area contributed by atoms with Crippen LogP contribution in [0.2, 0.25) is 0 Å². The van der Waals surface area contributed by atoms with E-state index in [1.807, 2.05) is 0 Å². The summed E-state index contributed by atoms with van der Waals surface area (Å²) in [7, 11) is 0. The highest BCUT2D eigenvalue weighted by molar-refractivity contribution is 6.59. The van der Waals surface area contributed by atoms with Gasteiger partial charge in [0.2, 0.25) is 23.1 Å². The third-order valence-corrected chi connectivity index (χ3v) is 6.17. The van der Waals surface area contributed by atoms with Gasteiger partial charge in [-0.2, -0.15) is 0 Å². The van der Waals surface area contributed by atoms with E-state index in [4.69, 9.17) is 46.1 Å². The normalized spacial score (nSPS) is 15.2. The molecule has 0 bridgehead atoms. The summed E-state index contributed by atoms with van der Waals surface area (Å²) in [6, 6.07) is 2.72. The van der Waals surface area contributed by atoms with Crippen molar-refractivity contribution in [2.45, 2.75) is 13.8 Å². The zero-order valence-corrected chi connectivity index (χ0v) is 19.3. The Bertz CT molecular complexity index is 1320. The van der Waals surface area contributed by atoms with Gasteiger partial charge in [0.25, 0.3) is 0 Å². The number of rotatable bonds is 0. The average Bonchev–Trinajstić information content (AvgIpc) is 2.78. The minimum atomic E-state index is -0.779. The number of benzene rings is 2. The number of fused-ring (bicyclic) bond motifs is 2. The monoisotopic (exact) mass is 504 g/mol. The van der Waals surface area contributed by atoms with E-state index in [1.165, 1.54) is 19.1 Å². The predicted octanol–water partition coefficient (Wildman–Crippen LogP) is 2.14. The average molecular weight is 505 g/mol. The number of phenols is 2. The van der Waals surface area contributed by atoms with E-state index >= 15 is 0 Å². The van der Waals surface area contributed by atoms with Crippen molar-refractivity contribution in [3.8, 4) is 11.5 Å². The maximum atomic E-state index is 11.9. The Morgan fingerprint density at radius 1 is 0.647 bits per heavy atom. The number of hydrogen-bond acceptors (Lipinski definition) is 10. The van der Waals surface area contributed by atoms with Gasteiger partial charge in [-0.3, -0.25) is 19.2 Å². The summed E-state index contributed by atoms with van der Waals surface area (Å²) in [6.07, 6.45) is 0. The molecule has 0 spiro atoms. The molecule has 10 nitrogen and oxygen atoms in total. The Labute approximate surface area is 202 Å². The van der Waals surface area contributed by atoms with Gasteiger partial charge in [0.05, 0.1) is 22.3 Å². The fourth-order valence-electron chi connectivity index (χ4n) is 3.51. The number of phenolic OH excluding ortho intramolecular Hbond substituents is 2. The second kappa shape index (κ2) is 8.40. The summed E-state index contributed by atoms with van der Waals surface area (Å²) in [6.45, 7) is 3.18. The molecule has 0 unspecified atom stereocenters. The van der Waals surface area contributed by atoms with Crippen molar-refractivity contribution in [1.82, 2.24) is 0 Å². The van der Waals surface area contributed by atoms with E-state index in [9.17, 15) is 29.4 Å². The van der Waals surface area contributed by atoms with Crippen LogP contribution in [0.4, 0.5) is 11.4 Å². The third-order valence-electron chi connectivity index (χ3n) is 5.35. The van der Waals surface area contributed by atoms with E-state index in [1.54, 1.807) is 6.92 Å². The van der Waals surface area contributed by atoms with Crippen molar-refractivity contribution < 1.29 is 29.4 Å². The number of allylic oxidation sites excluding steroid dienone is 4. The van der Waals surface area contributed by atoms with E-state index in [2.05, 4.69) is 0 Å². The number of hydrogen-bond donors (Lipinski definition) is 6. The van der Waals surface area contributed by atoms with Crippen LogP contribution in [0.25, 0.3) is 0 Å². The minimum absolute atomic E-state index is 0.0461. The zero-order valence-electron chi connectivity index (χ0n) is 17.7.